The normalized spacial score (nSPS) is 10.8. The number of phenolic OH excluding ortho intramolecular Hbond substituents is 1. The van der Waals surface area contributed by atoms with E-state index in [4.69, 9.17) is 5.73 Å². The van der Waals surface area contributed by atoms with Gasteiger partial charge in [-0.1, -0.05) is 0 Å². The fourth-order valence-electron chi connectivity index (χ4n) is 1.98. The number of H-pyrrole nitrogens is 1. The molecule has 0 aliphatic heterocycles. The Morgan fingerprint density at radius 3 is 2.80 bits per heavy atom. The summed E-state index contributed by atoms with van der Waals surface area (Å²) < 4.78 is 0. The van der Waals surface area contributed by atoms with E-state index < -0.39 is 4.92 Å². The second-order valence-corrected chi connectivity index (χ2v) is 4.32. The number of benzene rings is 2. The highest BCUT2D eigenvalue weighted by atomic mass is 16.6. The van der Waals surface area contributed by atoms with Gasteiger partial charge in [0.2, 0.25) is 0 Å². The number of anilines is 1. The van der Waals surface area contributed by atoms with Crippen molar-refractivity contribution in [2.45, 2.75) is 0 Å². The number of nitrogen functional groups attached to an aromatic ring is 1. The largest absolute Gasteiger partial charge is 0.508 e. The Morgan fingerprint density at radius 2 is 2.05 bits per heavy atom. The number of nitrogens with one attached hydrogen (secondary N) is 1. The van der Waals surface area contributed by atoms with Gasteiger partial charge in [-0.3, -0.25) is 10.1 Å². The average Bonchev–Trinajstić information content (AvgIpc) is 2.81. The molecule has 0 unspecified atom stereocenters. The lowest BCUT2D eigenvalue weighted by Crippen LogP contribution is -1.96. The van der Waals surface area contributed by atoms with Crippen molar-refractivity contribution in [3.8, 4) is 17.1 Å². The van der Waals surface area contributed by atoms with Crippen LogP contribution < -0.4 is 5.73 Å². The number of imidazole rings is 1. The van der Waals surface area contributed by atoms with Crippen molar-refractivity contribution in [2.75, 3.05) is 5.73 Å². The van der Waals surface area contributed by atoms with E-state index in [9.17, 15) is 15.2 Å². The first-order valence-corrected chi connectivity index (χ1v) is 5.77. The Morgan fingerprint density at radius 1 is 1.25 bits per heavy atom. The van der Waals surface area contributed by atoms with E-state index in [0.717, 1.165) is 0 Å². The Bertz CT molecular complexity index is 826. The number of nitrogens with two attached hydrogens (primary N) is 1. The molecule has 0 spiro atoms. The Labute approximate surface area is 112 Å². The molecule has 0 bridgehead atoms. The highest BCUT2D eigenvalue weighted by molar-refractivity contribution is 5.81. The maximum atomic E-state index is 10.9. The maximum absolute atomic E-state index is 10.9. The fraction of sp³-hybridized carbons (Fsp3) is 0. The van der Waals surface area contributed by atoms with Crippen molar-refractivity contribution in [1.82, 2.24) is 9.97 Å². The van der Waals surface area contributed by atoms with E-state index in [1.54, 1.807) is 12.1 Å². The molecule has 20 heavy (non-hydrogen) atoms. The lowest BCUT2D eigenvalue weighted by Gasteiger charge is -1.99. The molecule has 0 fully saturated rings. The summed E-state index contributed by atoms with van der Waals surface area (Å²) in [6.07, 6.45) is 0. The molecule has 0 saturated heterocycles. The molecular weight excluding hydrogens is 260 g/mol. The lowest BCUT2D eigenvalue weighted by atomic mass is 10.1. The van der Waals surface area contributed by atoms with E-state index in [0.29, 0.717) is 22.4 Å². The molecule has 3 aromatic rings. The molecule has 3 rings (SSSR count). The standard InChI is InChI=1S/C13H10N4O3/c14-9-3-1-7(5-12(9)17(19)20)13-15-10-4-2-8(18)6-11(10)16-13/h1-6,18H,14H2,(H,15,16). The highest BCUT2D eigenvalue weighted by Crippen LogP contribution is 2.29. The molecular formula is C13H10N4O3. The molecule has 0 radical (unpaired) electrons. The number of nitro benzene ring substituents is 1. The Kier molecular flexibility index (Phi) is 2.53. The molecule has 0 atom stereocenters. The second kappa shape index (κ2) is 4.23. The smallest absolute Gasteiger partial charge is 0.292 e. The molecule has 7 heteroatoms. The van der Waals surface area contributed by atoms with Gasteiger partial charge in [0.05, 0.1) is 16.0 Å². The first kappa shape index (κ1) is 12.0. The molecule has 0 amide bonds. The van der Waals surface area contributed by atoms with Gasteiger partial charge >= 0.3 is 0 Å². The number of nitro groups is 1. The third kappa shape index (κ3) is 1.91. The molecule has 4 N–H and O–H groups in total. The second-order valence-electron chi connectivity index (χ2n) is 4.32. The summed E-state index contributed by atoms with van der Waals surface area (Å²) in [6, 6.07) is 9.22. The molecule has 1 aromatic heterocycles. The summed E-state index contributed by atoms with van der Waals surface area (Å²) in [5, 5.41) is 20.3. The van der Waals surface area contributed by atoms with Gasteiger partial charge in [0.25, 0.3) is 5.69 Å². The molecule has 2 aromatic carbocycles. The predicted molar refractivity (Wildman–Crippen MR) is 74.3 cm³/mol. The van der Waals surface area contributed by atoms with Gasteiger partial charge in [0.1, 0.15) is 17.3 Å². The van der Waals surface area contributed by atoms with Crippen LogP contribution in [0.4, 0.5) is 11.4 Å². The van der Waals surface area contributed by atoms with Crippen molar-refractivity contribution < 1.29 is 10.0 Å². The minimum Gasteiger partial charge on any atom is -0.508 e. The van der Waals surface area contributed by atoms with Crippen LogP contribution in [0.2, 0.25) is 0 Å². The number of nitrogens with zero attached hydrogens (tertiary/aromatic N) is 2. The van der Waals surface area contributed by atoms with Crippen molar-refractivity contribution in [1.29, 1.82) is 0 Å². The lowest BCUT2D eigenvalue weighted by molar-refractivity contribution is -0.383. The summed E-state index contributed by atoms with van der Waals surface area (Å²) in [6.45, 7) is 0. The van der Waals surface area contributed by atoms with Crippen LogP contribution in [-0.4, -0.2) is 20.0 Å². The van der Waals surface area contributed by atoms with Gasteiger partial charge in [0.15, 0.2) is 0 Å². The van der Waals surface area contributed by atoms with E-state index >= 15 is 0 Å². The number of aromatic hydroxyl groups is 1. The fourth-order valence-corrected chi connectivity index (χ4v) is 1.98. The van der Waals surface area contributed by atoms with Gasteiger partial charge < -0.3 is 15.8 Å². The predicted octanol–water partition coefficient (Wildman–Crippen LogP) is 2.43. The number of phenols is 1. The highest BCUT2D eigenvalue weighted by Gasteiger charge is 2.14. The first-order valence-electron chi connectivity index (χ1n) is 5.77. The van der Waals surface area contributed by atoms with Gasteiger partial charge in [-0.25, -0.2) is 4.98 Å². The zero-order valence-corrected chi connectivity index (χ0v) is 10.2. The van der Waals surface area contributed by atoms with Crippen LogP contribution in [0.1, 0.15) is 0 Å². The van der Waals surface area contributed by atoms with Crippen LogP contribution in [0.25, 0.3) is 22.4 Å². The van der Waals surface area contributed by atoms with E-state index in [-0.39, 0.29) is 17.1 Å². The minimum atomic E-state index is -0.534. The van der Waals surface area contributed by atoms with Gasteiger partial charge in [0, 0.05) is 17.7 Å². The molecule has 0 aliphatic rings. The maximum Gasteiger partial charge on any atom is 0.292 e. The minimum absolute atomic E-state index is 0.104. The van der Waals surface area contributed by atoms with E-state index in [1.807, 2.05) is 0 Å². The number of hydrogen-bond donors (Lipinski definition) is 3. The zero-order chi connectivity index (χ0) is 14.3. The Balaban J connectivity index is 2.15. The van der Waals surface area contributed by atoms with Crippen molar-refractivity contribution >= 4 is 22.4 Å². The number of aromatic nitrogens is 2. The average molecular weight is 270 g/mol. The summed E-state index contributed by atoms with van der Waals surface area (Å²) in [7, 11) is 0. The number of hydrogen-bond acceptors (Lipinski definition) is 5. The SMILES string of the molecule is Nc1ccc(-c2nc3ccc(O)cc3[nH]2)cc1[N+](=O)[O-]. The van der Waals surface area contributed by atoms with Crippen molar-refractivity contribution in [3.63, 3.8) is 0 Å². The quantitative estimate of drug-likeness (QED) is 0.375. The van der Waals surface area contributed by atoms with Gasteiger partial charge in [-0.2, -0.15) is 0 Å². The van der Waals surface area contributed by atoms with Crippen LogP contribution >= 0.6 is 0 Å². The number of aromatic amines is 1. The van der Waals surface area contributed by atoms with Crippen LogP contribution in [0.5, 0.6) is 5.75 Å². The third-order valence-corrected chi connectivity index (χ3v) is 2.97. The molecule has 7 nitrogen and oxygen atoms in total. The summed E-state index contributed by atoms with van der Waals surface area (Å²) in [5.41, 5.74) is 7.37. The summed E-state index contributed by atoms with van der Waals surface area (Å²) in [5.74, 6) is 0.602. The van der Waals surface area contributed by atoms with Crippen LogP contribution in [0, 0.1) is 10.1 Å². The topological polar surface area (TPSA) is 118 Å². The van der Waals surface area contributed by atoms with E-state index in [2.05, 4.69) is 9.97 Å². The number of rotatable bonds is 2. The summed E-state index contributed by atoms with van der Waals surface area (Å²) >= 11 is 0. The zero-order valence-electron chi connectivity index (χ0n) is 10.2. The van der Waals surface area contributed by atoms with Crippen molar-refractivity contribution in [2.24, 2.45) is 0 Å². The Hall–Kier alpha value is -3.09. The summed E-state index contributed by atoms with van der Waals surface area (Å²) in [4.78, 5) is 17.7. The van der Waals surface area contributed by atoms with Gasteiger partial charge in [-0.15, -0.1) is 0 Å². The molecule has 0 saturated carbocycles. The first-order chi connectivity index (χ1) is 9.54. The van der Waals surface area contributed by atoms with Crippen LogP contribution in [0.15, 0.2) is 36.4 Å². The van der Waals surface area contributed by atoms with Crippen LogP contribution in [0.3, 0.4) is 0 Å². The molecule has 1 heterocycles. The van der Waals surface area contributed by atoms with Crippen molar-refractivity contribution in [3.05, 3.63) is 46.5 Å². The third-order valence-electron chi connectivity index (χ3n) is 2.97. The monoisotopic (exact) mass is 270 g/mol. The molecule has 100 valence electrons. The van der Waals surface area contributed by atoms with Crippen LogP contribution in [-0.2, 0) is 0 Å². The number of fused-ring (bicyclic) bond motifs is 1. The van der Waals surface area contributed by atoms with E-state index in [1.165, 1.54) is 24.3 Å². The molecule has 0 aliphatic carbocycles. The van der Waals surface area contributed by atoms with Gasteiger partial charge in [-0.05, 0) is 24.3 Å².